The zero-order chi connectivity index (χ0) is 25.0. The normalized spacial score (nSPS) is 10.6. The fraction of sp³-hybridized carbons (Fsp3) is 0.815. The van der Waals surface area contributed by atoms with E-state index in [9.17, 15) is 14.4 Å². The van der Waals surface area contributed by atoms with E-state index >= 15 is 0 Å². The number of hydrogen-bond acceptors (Lipinski definition) is 4. The van der Waals surface area contributed by atoms with Crippen LogP contribution >= 0.6 is 0 Å². The van der Waals surface area contributed by atoms with Gasteiger partial charge in [-0.15, -0.1) is 0 Å². The maximum absolute atomic E-state index is 11.0. The maximum atomic E-state index is 11.0. The summed E-state index contributed by atoms with van der Waals surface area (Å²) in [5, 5.41) is 15.8. The van der Waals surface area contributed by atoms with Crippen LogP contribution in [0.2, 0.25) is 0 Å². The lowest BCUT2D eigenvalue weighted by atomic mass is 10.1. The Morgan fingerprint density at radius 1 is 0.576 bits per heavy atom. The molecule has 6 heteroatoms. The van der Waals surface area contributed by atoms with Crippen molar-refractivity contribution in [3.63, 3.8) is 0 Å². The molecule has 0 aliphatic heterocycles. The van der Waals surface area contributed by atoms with Gasteiger partial charge in [0.2, 0.25) is 0 Å². The van der Waals surface area contributed by atoms with Gasteiger partial charge in [-0.1, -0.05) is 96.1 Å². The second kappa shape index (κ2) is 28.2. The standard InChI is InChI=1S/C23H44O2.C4H6O4/c1-3-4-5-6-7-8-9-10-11-12-13-14-15-16-17-18-19-20-21-22-23(24)25-2;5-3(6)1-2-4(7)8/h10-11H,3-9,12-22H2,1-2H3;1-2H2,(H,5,6)(H,7,8)/b11-10-;. The molecule has 0 radical (unpaired) electrons. The van der Waals surface area contributed by atoms with Crippen molar-refractivity contribution in [3.8, 4) is 0 Å². The largest absolute Gasteiger partial charge is 0.481 e. The Kier molecular flexibility index (Phi) is 28.5. The highest BCUT2D eigenvalue weighted by molar-refractivity contribution is 5.75. The van der Waals surface area contributed by atoms with E-state index in [4.69, 9.17) is 10.2 Å². The first-order valence-corrected chi connectivity index (χ1v) is 13.1. The predicted octanol–water partition coefficient (Wildman–Crippen LogP) is 7.69. The molecule has 0 bridgehead atoms. The van der Waals surface area contributed by atoms with Crippen molar-refractivity contribution < 1.29 is 29.3 Å². The highest BCUT2D eigenvalue weighted by Crippen LogP contribution is 2.12. The minimum Gasteiger partial charge on any atom is -0.481 e. The van der Waals surface area contributed by atoms with Crippen LogP contribution in [0.3, 0.4) is 0 Å². The number of allylic oxidation sites excluding steroid dienone is 2. The van der Waals surface area contributed by atoms with Gasteiger partial charge in [0.25, 0.3) is 0 Å². The molecule has 194 valence electrons. The second-order valence-electron chi connectivity index (χ2n) is 8.61. The minimum absolute atomic E-state index is 0.0685. The second-order valence-corrected chi connectivity index (χ2v) is 8.61. The van der Waals surface area contributed by atoms with Gasteiger partial charge < -0.3 is 14.9 Å². The highest BCUT2D eigenvalue weighted by atomic mass is 16.5. The molecule has 0 aliphatic carbocycles. The van der Waals surface area contributed by atoms with Gasteiger partial charge in [-0.3, -0.25) is 14.4 Å². The van der Waals surface area contributed by atoms with Crippen molar-refractivity contribution in [2.75, 3.05) is 7.11 Å². The number of ether oxygens (including phenoxy) is 1. The van der Waals surface area contributed by atoms with Gasteiger partial charge >= 0.3 is 17.9 Å². The average molecular weight is 471 g/mol. The lowest BCUT2D eigenvalue weighted by Crippen LogP contribution is -2.00. The van der Waals surface area contributed by atoms with E-state index in [0.29, 0.717) is 6.42 Å². The van der Waals surface area contributed by atoms with E-state index in [-0.39, 0.29) is 18.8 Å². The zero-order valence-electron chi connectivity index (χ0n) is 21.3. The molecular formula is C27H50O6. The number of carboxylic acids is 2. The molecule has 2 N–H and O–H groups in total. The van der Waals surface area contributed by atoms with Crippen LogP contribution in [-0.4, -0.2) is 35.2 Å². The summed E-state index contributed by atoms with van der Waals surface area (Å²) in [7, 11) is 1.47. The zero-order valence-corrected chi connectivity index (χ0v) is 21.3. The van der Waals surface area contributed by atoms with Crippen LogP contribution in [0.1, 0.15) is 135 Å². The van der Waals surface area contributed by atoms with E-state index in [2.05, 4.69) is 23.8 Å². The van der Waals surface area contributed by atoms with Crippen molar-refractivity contribution in [3.05, 3.63) is 12.2 Å². The van der Waals surface area contributed by atoms with Crippen molar-refractivity contribution >= 4 is 17.9 Å². The molecule has 33 heavy (non-hydrogen) atoms. The van der Waals surface area contributed by atoms with Crippen LogP contribution in [0, 0.1) is 0 Å². The van der Waals surface area contributed by atoms with Crippen LogP contribution in [0.5, 0.6) is 0 Å². The summed E-state index contributed by atoms with van der Waals surface area (Å²) >= 11 is 0. The van der Waals surface area contributed by atoms with Gasteiger partial charge in [-0.05, 0) is 32.1 Å². The third-order valence-corrected chi connectivity index (χ3v) is 5.42. The first-order valence-electron chi connectivity index (χ1n) is 13.1. The summed E-state index contributed by atoms with van der Waals surface area (Å²) in [6, 6.07) is 0. The molecule has 0 unspecified atom stereocenters. The Labute approximate surface area is 202 Å². The summed E-state index contributed by atoms with van der Waals surface area (Å²) in [5.74, 6) is -2.22. The number of carboxylic acid groups (broad SMARTS) is 2. The van der Waals surface area contributed by atoms with Crippen molar-refractivity contribution in [1.29, 1.82) is 0 Å². The summed E-state index contributed by atoms with van der Waals surface area (Å²) in [5.41, 5.74) is 0. The third-order valence-electron chi connectivity index (χ3n) is 5.42. The predicted molar refractivity (Wildman–Crippen MR) is 134 cm³/mol. The van der Waals surface area contributed by atoms with E-state index in [1.807, 2.05) is 0 Å². The molecule has 6 nitrogen and oxygen atoms in total. The Bertz CT molecular complexity index is 473. The SMILES string of the molecule is CCCCCCCC/C=C\CCCCCCCCCCCC(=O)OC.O=C(O)CCC(=O)O. The molecule has 0 spiro atoms. The van der Waals surface area contributed by atoms with E-state index in [1.54, 1.807) is 0 Å². The smallest absolute Gasteiger partial charge is 0.305 e. The van der Waals surface area contributed by atoms with Crippen LogP contribution in [0.25, 0.3) is 0 Å². The number of hydrogen-bond donors (Lipinski definition) is 2. The number of carbonyl (C=O) groups is 3. The highest BCUT2D eigenvalue weighted by Gasteiger charge is 2.00. The fourth-order valence-corrected chi connectivity index (χ4v) is 3.36. The molecule has 0 aromatic heterocycles. The molecule has 0 fully saturated rings. The number of methoxy groups -OCH3 is 1. The summed E-state index contributed by atoms with van der Waals surface area (Å²) in [6.07, 6.45) is 27.3. The molecule has 0 rings (SSSR count). The topological polar surface area (TPSA) is 101 Å². The van der Waals surface area contributed by atoms with E-state index in [0.717, 1.165) is 6.42 Å². The Balaban J connectivity index is 0. The minimum atomic E-state index is -1.08. The maximum Gasteiger partial charge on any atom is 0.305 e. The lowest BCUT2D eigenvalue weighted by molar-refractivity contribution is -0.143. The van der Waals surface area contributed by atoms with Crippen molar-refractivity contribution in [2.24, 2.45) is 0 Å². The monoisotopic (exact) mass is 470 g/mol. The summed E-state index contributed by atoms with van der Waals surface area (Å²) in [4.78, 5) is 30.2. The molecule has 0 aliphatic rings. The van der Waals surface area contributed by atoms with Crippen LogP contribution < -0.4 is 0 Å². The Hall–Kier alpha value is -1.85. The quantitative estimate of drug-likeness (QED) is 0.0955. The first-order chi connectivity index (χ1) is 15.9. The molecule has 0 aromatic rings. The molecule has 0 amide bonds. The molecule has 0 heterocycles. The van der Waals surface area contributed by atoms with Gasteiger partial charge in [0.1, 0.15) is 0 Å². The molecular weight excluding hydrogens is 420 g/mol. The van der Waals surface area contributed by atoms with Gasteiger partial charge in [-0.2, -0.15) is 0 Å². The Morgan fingerprint density at radius 3 is 1.30 bits per heavy atom. The molecule has 0 atom stereocenters. The lowest BCUT2D eigenvalue weighted by Gasteiger charge is -2.02. The van der Waals surface area contributed by atoms with Crippen molar-refractivity contribution in [2.45, 2.75) is 135 Å². The first kappa shape index (κ1) is 33.3. The van der Waals surface area contributed by atoms with Crippen LogP contribution in [0.4, 0.5) is 0 Å². The third kappa shape index (κ3) is 34.9. The molecule has 0 saturated heterocycles. The van der Waals surface area contributed by atoms with Crippen molar-refractivity contribution in [1.82, 2.24) is 0 Å². The summed E-state index contributed by atoms with van der Waals surface area (Å²) in [6.45, 7) is 2.28. The van der Waals surface area contributed by atoms with Gasteiger partial charge in [0.15, 0.2) is 0 Å². The van der Waals surface area contributed by atoms with Crippen LogP contribution in [0.15, 0.2) is 12.2 Å². The van der Waals surface area contributed by atoms with Gasteiger partial charge in [-0.25, -0.2) is 0 Å². The molecule has 0 saturated carbocycles. The van der Waals surface area contributed by atoms with Crippen LogP contribution in [-0.2, 0) is 19.1 Å². The molecule has 0 aromatic carbocycles. The summed E-state index contributed by atoms with van der Waals surface area (Å²) < 4.78 is 4.64. The number of unbranched alkanes of at least 4 members (excludes halogenated alkanes) is 15. The number of rotatable bonds is 22. The van der Waals surface area contributed by atoms with E-state index in [1.165, 1.54) is 110 Å². The van der Waals surface area contributed by atoms with Gasteiger partial charge in [0.05, 0.1) is 20.0 Å². The van der Waals surface area contributed by atoms with E-state index < -0.39 is 11.9 Å². The average Bonchev–Trinajstić information content (AvgIpc) is 2.79. The van der Waals surface area contributed by atoms with Gasteiger partial charge in [0, 0.05) is 6.42 Å². The number of aliphatic carboxylic acids is 2. The fourth-order valence-electron chi connectivity index (χ4n) is 3.36. The number of esters is 1. The Morgan fingerprint density at radius 2 is 0.939 bits per heavy atom. The number of carbonyl (C=O) groups excluding carboxylic acids is 1.